The molecule has 2 heterocycles. The number of nitrogens with zero attached hydrogens (tertiary/aromatic N) is 4. The summed E-state index contributed by atoms with van der Waals surface area (Å²) in [5, 5.41) is 20.7. The number of amides is 3. The van der Waals surface area contributed by atoms with Crippen molar-refractivity contribution in [3.8, 4) is 0 Å². The molecule has 11 heteroatoms. The number of nitro benzene ring substituents is 1. The van der Waals surface area contributed by atoms with Gasteiger partial charge in [0.2, 0.25) is 5.91 Å². The van der Waals surface area contributed by atoms with E-state index in [1.807, 2.05) is 20.8 Å². The fourth-order valence-corrected chi connectivity index (χ4v) is 3.74. The van der Waals surface area contributed by atoms with E-state index in [1.165, 1.54) is 23.0 Å². The number of nitrogens with one attached hydrogen (secondary N) is 2. The van der Waals surface area contributed by atoms with Crippen LogP contribution in [-0.4, -0.2) is 56.8 Å². The van der Waals surface area contributed by atoms with Crippen molar-refractivity contribution in [2.75, 3.05) is 18.4 Å². The van der Waals surface area contributed by atoms with Gasteiger partial charge in [0.05, 0.1) is 35.1 Å². The molecule has 11 nitrogen and oxygen atoms in total. The number of anilines is 1. The number of carbonyl (C=O) groups is 2. The van der Waals surface area contributed by atoms with E-state index in [0.29, 0.717) is 30.8 Å². The Morgan fingerprint density at radius 1 is 1.31 bits per heavy atom. The van der Waals surface area contributed by atoms with Gasteiger partial charge >= 0.3 is 6.03 Å². The molecule has 1 saturated heterocycles. The third-order valence-electron chi connectivity index (χ3n) is 5.16. The quantitative estimate of drug-likeness (QED) is 0.499. The molecule has 0 aliphatic carbocycles. The number of carbonyl (C=O) groups excluding carboxylic acids is 2. The van der Waals surface area contributed by atoms with Crippen molar-refractivity contribution in [2.45, 2.75) is 52.0 Å². The first-order valence-corrected chi connectivity index (χ1v) is 10.5. The molecule has 0 saturated carbocycles. The first-order valence-electron chi connectivity index (χ1n) is 10.5. The molecule has 2 aromatic rings. The number of rotatable bonds is 7. The highest BCUT2D eigenvalue weighted by molar-refractivity contribution is 5.89. The van der Waals surface area contributed by atoms with Crippen LogP contribution in [0.1, 0.15) is 38.8 Å². The number of nitro groups is 1. The lowest BCUT2D eigenvalue weighted by Gasteiger charge is -2.35. The second kappa shape index (κ2) is 10.2. The Morgan fingerprint density at radius 3 is 2.69 bits per heavy atom. The number of urea groups is 1. The first kappa shape index (κ1) is 23.2. The largest absolute Gasteiger partial charge is 0.372 e. The summed E-state index contributed by atoms with van der Waals surface area (Å²) in [6.07, 6.45) is 3.57. The zero-order valence-electron chi connectivity index (χ0n) is 18.4. The average molecular weight is 444 g/mol. The molecule has 1 aromatic carbocycles. The lowest BCUT2D eigenvalue weighted by atomic mass is 10.0. The third kappa shape index (κ3) is 6.03. The number of hydrogen-bond donors (Lipinski definition) is 2. The van der Waals surface area contributed by atoms with Crippen LogP contribution in [0.2, 0.25) is 0 Å². The molecular weight excluding hydrogens is 416 g/mol. The summed E-state index contributed by atoms with van der Waals surface area (Å²) in [6.45, 7) is 6.88. The van der Waals surface area contributed by atoms with Crippen LogP contribution in [0.3, 0.4) is 0 Å². The standard InChI is InChI=1S/C21H28N6O5/c1-4-19(16-6-5-7-18(8-16)27(30)31)24-21(29)23-17-9-22-26(12-17)13-20(28)25-10-14(2)32-15(3)11-25/h5-9,12,14-15,19H,4,10-11,13H2,1-3H3,(H2,23,24,29). The molecular formula is C21H28N6O5. The van der Waals surface area contributed by atoms with Crippen LogP contribution in [0.25, 0.3) is 0 Å². The molecule has 3 atom stereocenters. The van der Waals surface area contributed by atoms with Crippen LogP contribution >= 0.6 is 0 Å². The van der Waals surface area contributed by atoms with E-state index in [-0.39, 0.29) is 30.3 Å². The van der Waals surface area contributed by atoms with Crippen LogP contribution in [0.5, 0.6) is 0 Å². The highest BCUT2D eigenvalue weighted by Crippen LogP contribution is 2.22. The highest BCUT2D eigenvalue weighted by atomic mass is 16.6. The Labute approximate surface area is 185 Å². The van der Waals surface area contributed by atoms with E-state index >= 15 is 0 Å². The van der Waals surface area contributed by atoms with E-state index in [9.17, 15) is 19.7 Å². The summed E-state index contributed by atoms with van der Waals surface area (Å²) in [4.78, 5) is 37.3. The summed E-state index contributed by atoms with van der Waals surface area (Å²) in [5.41, 5.74) is 1.05. The predicted molar refractivity (Wildman–Crippen MR) is 117 cm³/mol. The van der Waals surface area contributed by atoms with Gasteiger partial charge in [-0.1, -0.05) is 19.1 Å². The van der Waals surface area contributed by atoms with E-state index in [2.05, 4.69) is 15.7 Å². The Hall–Kier alpha value is -3.47. The molecule has 0 bridgehead atoms. The molecule has 2 N–H and O–H groups in total. The maximum atomic E-state index is 12.6. The highest BCUT2D eigenvalue weighted by Gasteiger charge is 2.26. The summed E-state index contributed by atoms with van der Waals surface area (Å²) < 4.78 is 7.12. The second-order valence-corrected chi connectivity index (χ2v) is 7.89. The van der Waals surface area contributed by atoms with Crippen molar-refractivity contribution in [3.05, 3.63) is 52.3 Å². The van der Waals surface area contributed by atoms with Gasteiger partial charge in [0, 0.05) is 31.4 Å². The number of morpholine rings is 1. The van der Waals surface area contributed by atoms with Crippen molar-refractivity contribution < 1.29 is 19.2 Å². The van der Waals surface area contributed by atoms with Crippen LogP contribution in [0.15, 0.2) is 36.7 Å². The van der Waals surface area contributed by atoms with Crippen molar-refractivity contribution in [2.24, 2.45) is 0 Å². The minimum Gasteiger partial charge on any atom is -0.372 e. The smallest absolute Gasteiger partial charge is 0.319 e. The van der Waals surface area contributed by atoms with Crippen LogP contribution in [-0.2, 0) is 16.1 Å². The molecule has 172 valence electrons. The molecule has 1 aromatic heterocycles. The van der Waals surface area contributed by atoms with E-state index in [1.54, 1.807) is 23.2 Å². The van der Waals surface area contributed by atoms with Gasteiger partial charge in [0.1, 0.15) is 6.54 Å². The Kier molecular flexibility index (Phi) is 7.41. The number of ether oxygens (including phenoxy) is 1. The molecule has 1 aliphatic rings. The van der Waals surface area contributed by atoms with Gasteiger partial charge in [0.15, 0.2) is 0 Å². The third-order valence-corrected chi connectivity index (χ3v) is 5.16. The van der Waals surface area contributed by atoms with Crippen LogP contribution in [0.4, 0.5) is 16.2 Å². The van der Waals surface area contributed by atoms with Gasteiger partial charge in [-0.15, -0.1) is 0 Å². The fourth-order valence-electron chi connectivity index (χ4n) is 3.74. The maximum Gasteiger partial charge on any atom is 0.319 e. The zero-order chi connectivity index (χ0) is 23.3. The number of hydrogen-bond acceptors (Lipinski definition) is 6. The maximum absolute atomic E-state index is 12.6. The minimum atomic E-state index is -0.468. The van der Waals surface area contributed by atoms with E-state index in [0.717, 1.165) is 0 Å². The van der Waals surface area contributed by atoms with Gasteiger partial charge in [-0.2, -0.15) is 5.10 Å². The topological polar surface area (TPSA) is 132 Å². The van der Waals surface area contributed by atoms with Gasteiger partial charge in [0.25, 0.3) is 5.69 Å². The summed E-state index contributed by atoms with van der Waals surface area (Å²) in [6, 6.07) is 5.32. The van der Waals surface area contributed by atoms with Gasteiger partial charge in [-0.05, 0) is 25.8 Å². The number of benzene rings is 1. The van der Waals surface area contributed by atoms with Gasteiger partial charge in [-0.3, -0.25) is 19.6 Å². The van der Waals surface area contributed by atoms with Crippen molar-refractivity contribution in [1.82, 2.24) is 20.0 Å². The molecule has 3 unspecified atom stereocenters. The van der Waals surface area contributed by atoms with E-state index in [4.69, 9.17) is 4.74 Å². The molecule has 0 spiro atoms. The molecule has 3 amide bonds. The molecule has 32 heavy (non-hydrogen) atoms. The Balaban J connectivity index is 1.56. The first-order chi connectivity index (χ1) is 15.2. The second-order valence-electron chi connectivity index (χ2n) is 7.89. The zero-order valence-corrected chi connectivity index (χ0v) is 18.4. The Bertz CT molecular complexity index is 967. The SMILES string of the molecule is CCC(NC(=O)Nc1cnn(CC(=O)N2CC(C)OC(C)C2)c1)c1cccc([N+](=O)[O-])c1. The number of aromatic nitrogens is 2. The van der Waals surface area contributed by atoms with Crippen molar-refractivity contribution in [1.29, 1.82) is 0 Å². The van der Waals surface area contributed by atoms with Gasteiger partial charge < -0.3 is 20.3 Å². The van der Waals surface area contributed by atoms with Gasteiger partial charge in [-0.25, -0.2) is 4.79 Å². The predicted octanol–water partition coefficient (Wildman–Crippen LogP) is 2.70. The number of non-ortho nitro benzene ring substituents is 1. The average Bonchev–Trinajstić information content (AvgIpc) is 3.17. The Morgan fingerprint density at radius 2 is 2.03 bits per heavy atom. The molecule has 1 aliphatic heterocycles. The van der Waals surface area contributed by atoms with Crippen molar-refractivity contribution in [3.63, 3.8) is 0 Å². The van der Waals surface area contributed by atoms with Crippen molar-refractivity contribution >= 4 is 23.3 Å². The summed E-state index contributed by atoms with van der Waals surface area (Å²) in [5.74, 6) is -0.0668. The minimum absolute atomic E-state index is 0.0150. The van der Waals surface area contributed by atoms with Crippen LogP contribution < -0.4 is 10.6 Å². The normalized spacial score (nSPS) is 19.3. The molecule has 0 radical (unpaired) electrons. The lowest BCUT2D eigenvalue weighted by Crippen LogP contribution is -2.49. The van der Waals surface area contributed by atoms with Crippen LogP contribution in [0, 0.1) is 10.1 Å². The molecule has 1 fully saturated rings. The van der Waals surface area contributed by atoms with E-state index < -0.39 is 17.0 Å². The summed E-state index contributed by atoms with van der Waals surface area (Å²) in [7, 11) is 0. The molecule has 3 rings (SSSR count). The lowest BCUT2D eigenvalue weighted by molar-refractivity contribution is -0.384. The monoisotopic (exact) mass is 444 g/mol. The fraction of sp³-hybridized carbons (Fsp3) is 0.476. The summed E-state index contributed by atoms with van der Waals surface area (Å²) >= 11 is 0.